The monoisotopic (exact) mass is 474 g/mol. The van der Waals surface area contributed by atoms with Crippen LogP contribution in [-0.2, 0) is 0 Å². The molecule has 6 heteroatoms. The summed E-state index contributed by atoms with van der Waals surface area (Å²) in [5.41, 5.74) is 2.25. The summed E-state index contributed by atoms with van der Waals surface area (Å²) in [6.07, 6.45) is 0. The van der Waals surface area contributed by atoms with E-state index in [2.05, 4.69) is 26.6 Å². The maximum absolute atomic E-state index is 13.0. The van der Waals surface area contributed by atoms with Gasteiger partial charge < -0.3 is 15.4 Å². The van der Waals surface area contributed by atoms with Gasteiger partial charge in [0.15, 0.2) is 0 Å². The Morgan fingerprint density at radius 2 is 1.35 bits per heavy atom. The standard InChI is InChI=1S/C25H19BrN2O3/c1-31-23-21(15-17-9-5-6-10-20(17)22(23)26)25(30)28-19-13-11-18(12-14-19)27-24(29)16-7-3-2-4-8-16/h2-15H,1H3,(H,27,29)(H,28,30). The summed E-state index contributed by atoms with van der Waals surface area (Å²) in [5.74, 6) is -0.00421. The molecule has 2 amide bonds. The smallest absolute Gasteiger partial charge is 0.259 e. The van der Waals surface area contributed by atoms with Crippen LogP contribution < -0.4 is 15.4 Å². The summed E-state index contributed by atoms with van der Waals surface area (Å²) in [6.45, 7) is 0. The van der Waals surface area contributed by atoms with Gasteiger partial charge in [-0.05, 0) is 69.2 Å². The van der Waals surface area contributed by atoms with E-state index < -0.39 is 0 Å². The summed E-state index contributed by atoms with van der Waals surface area (Å²) in [5, 5.41) is 7.62. The molecule has 0 saturated heterocycles. The van der Waals surface area contributed by atoms with Gasteiger partial charge in [0.25, 0.3) is 11.8 Å². The van der Waals surface area contributed by atoms with Gasteiger partial charge in [0, 0.05) is 16.9 Å². The number of rotatable bonds is 5. The molecule has 4 rings (SSSR count). The lowest BCUT2D eigenvalue weighted by atomic mass is 10.1. The largest absolute Gasteiger partial charge is 0.495 e. The van der Waals surface area contributed by atoms with Gasteiger partial charge in [0.1, 0.15) is 5.75 Å². The summed E-state index contributed by atoms with van der Waals surface area (Å²) in [6, 6.07) is 25.5. The first-order valence-corrected chi connectivity index (χ1v) is 10.4. The third-order valence-electron chi connectivity index (χ3n) is 4.83. The molecule has 0 fully saturated rings. The van der Waals surface area contributed by atoms with E-state index in [1.807, 2.05) is 48.5 Å². The van der Waals surface area contributed by atoms with Crippen molar-refractivity contribution in [2.75, 3.05) is 17.7 Å². The van der Waals surface area contributed by atoms with Crippen LogP contribution in [0.2, 0.25) is 0 Å². The van der Waals surface area contributed by atoms with Crippen LogP contribution in [0, 0.1) is 0 Å². The number of hydrogen-bond donors (Lipinski definition) is 2. The molecule has 0 spiro atoms. The number of fused-ring (bicyclic) bond motifs is 1. The molecule has 0 unspecified atom stereocenters. The number of benzene rings is 4. The molecule has 4 aromatic carbocycles. The topological polar surface area (TPSA) is 67.4 Å². The highest BCUT2D eigenvalue weighted by Crippen LogP contribution is 2.37. The molecule has 0 aliphatic carbocycles. The summed E-state index contributed by atoms with van der Waals surface area (Å²) in [4.78, 5) is 25.2. The number of carbonyl (C=O) groups is 2. The fraction of sp³-hybridized carbons (Fsp3) is 0.0400. The van der Waals surface area contributed by atoms with Gasteiger partial charge in [0.05, 0.1) is 17.1 Å². The third kappa shape index (κ3) is 4.44. The molecule has 154 valence electrons. The summed E-state index contributed by atoms with van der Waals surface area (Å²) in [7, 11) is 1.54. The van der Waals surface area contributed by atoms with Crippen molar-refractivity contribution in [2.24, 2.45) is 0 Å². The van der Waals surface area contributed by atoms with E-state index in [9.17, 15) is 9.59 Å². The Morgan fingerprint density at radius 1 is 0.774 bits per heavy atom. The molecular formula is C25H19BrN2O3. The quantitative estimate of drug-likeness (QED) is 0.366. The Balaban J connectivity index is 1.52. The molecule has 0 aromatic heterocycles. The van der Waals surface area contributed by atoms with Crippen LogP contribution in [0.4, 0.5) is 11.4 Å². The molecule has 4 aromatic rings. The molecule has 0 saturated carbocycles. The Kier molecular flexibility index (Phi) is 6.00. The minimum absolute atomic E-state index is 0.192. The number of ether oxygens (including phenoxy) is 1. The third-order valence-corrected chi connectivity index (χ3v) is 5.61. The summed E-state index contributed by atoms with van der Waals surface area (Å²) < 4.78 is 6.23. The van der Waals surface area contributed by atoms with Crippen molar-refractivity contribution in [1.82, 2.24) is 0 Å². The van der Waals surface area contributed by atoms with E-state index in [-0.39, 0.29) is 11.8 Å². The highest BCUT2D eigenvalue weighted by atomic mass is 79.9. The zero-order chi connectivity index (χ0) is 21.8. The molecule has 5 nitrogen and oxygen atoms in total. The highest BCUT2D eigenvalue weighted by molar-refractivity contribution is 9.10. The summed E-state index contributed by atoms with van der Waals surface area (Å²) >= 11 is 3.55. The number of methoxy groups -OCH3 is 1. The molecule has 0 heterocycles. The van der Waals surface area contributed by atoms with Crippen molar-refractivity contribution in [3.05, 3.63) is 101 Å². The Bertz CT molecular complexity index is 1260. The minimum atomic E-state index is -0.288. The minimum Gasteiger partial charge on any atom is -0.495 e. The van der Waals surface area contributed by atoms with Crippen molar-refractivity contribution in [1.29, 1.82) is 0 Å². The first kappa shape index (κ1) is 20.6. The fourth-order valence-corrected chi connectivity index (χ4v) is 4.02. The van der Waals surface area contributed by atoms with Crippen LogP contribution in [0.1, 0.15) is 20.7 Å². The fourth-order valence-electron chi connectivity index (χ4n) is 3.28. The van der Waals surface area contributed by atoms with Gasteiger partial charge in [-0.25, -0.2) is 0 Å². The molecular weight excluding hydrogens is 456 g/mol. The van der Waals surface area contributed by atoms with Crippen molar-refractivity contribution in [3.8, 4) is 5.75 Å². The second-order valence-electron chi connectivity index (χ2n) is 6.84. The van der Waals surface area contributed by atoms with Gasteiger partial charge in [-0.2, -0.15) is 0 Å². The number of carbonyl (C=O) groups excluding carboxylic acids is 2. The maximum atomic E-state index is 13.0. The first-order valence-electron chi connectivity index (χ1n) is 9.60. The molecule has 0 bridgehead atoms. The Labute approximate surface area is 188 Å². The van der Waals surface area contributed by atoms with Gasteiger partial charge in [-0.3, -0.25) is 9.59 Å². The second kappa shape index (κ2) is 9.02. The first-order chi connectivity index (χ1) is 15.1. The van der Waals surface area contributed by atoms with Gasteiger partial charge in [0.2, 0.25) is 0 Å². The van der Waals surface area contributed by atoms with E-state index in [0.29, 0.717) is 28.3 Å². The SMILES string of the molecule is COc1c(C(=O)Nc2ccc(NC(=O)c3ccccc3)cc2)cc2ccccc2c1Br. The molecule has 0 atom stereocenters. The van der Waals surface area contributed by atoms with E-state index in [0.717, 1.165) is 15.2 Å². The lowest BCUT2D eigenvalue weighted by Gasteiger charge is -2.14. The number of anilines is 2. The van der Waals surface area contributed by atoms with Gasteiger partial charge >= 0.3 is 0 Å². The predicted molar refractivity (Wildman–Crippen MR) is 127 cm³/mol. The van der Waals surface area contributed by atoms with Crippen LogP contribution in [0.5, 0.6) is 5.75 Å². The maximum Gasteiger partial charge on any atom is 0.259 e. The number of nitrogens with one attached hydrogen (secondary N) is 2. The lowest BCUT2D eigenvalue weighted by molar-refractivity contribution is 0.101. The average Bonchev–Trinajstić information content (AvgIpc) is 2.81. The average molecular weight is 475 g/mol. The number of amides is 2. The molecule has 0 radical (unpaired) electrons. The normalized spacial score (nSPS) is 10.5. The zero-order valence-electron chi connectivity index (χ0n) is 16.7. The predicted octanol–water partition coefficient (Wildman–Crippen LogP) is 6.12. The molecule has 2 N–H and O–H groups in total. The van der Waals surface area contributed by atoms with Crippen LogP contribution >= 0.6 is 15.9 Å². The van der Waals surface area contributed by atoms with Gasteiger partial charge in [-0.1, -0.05) is 42.5 Å². The molecule has 0 aliphatic rings. The van der Waals surface area contributed by atoms with Crippen LogP contribution in [0.15, 0.2) is 89.4 Å². The van der Waals surface area contributed by atoms with Crippen LogP contribution in [-0.4, -0.2) is 18.9 Å². The molecule has 31 heavy (non-hydrogen) atoms. The lowest BCUT2D eigenvalue weighted by Crippen LogP contribution is -2.14. The number of hydrogen-bond acceptors (Lipinski definition) is 3. The van der Waals surface area contributed by atoms with Crippen molar-refractivity contribution < 1.29 is 14.3 Å². The van der Waals surface area contributed by atoms with E-state index >= 15 is 0 Å². The Hall–Kier alpha value is -3.64. The van der Waals surface area contributed by atoms with Crippen molar-refractivity contribution in [2.45, 2.75) is 0 Å². The highest BCUT2D eigenvalue weighted by Gasteiger charge is 2.18. The second-order valence-corrected chi connectivity index (χ2v) is 7.64. The van der Waals surface area contributed by atoms with Crippen LogP contribution in [0.3, 0.4) is 0 Å². The zero-order valence-corrected chi connectivity index (χ0v) is 18.3. The van der Waals surface area contributed by atoms with E-state index in [4.69, 9.17) is 4.74 Å². The van der Waals surface area contributed by atoms with Crippen molar-refractivity contribution >= 4 is 49.9 Å². The number of halogens is 1. The van der Waals surface area contributed by atoms with E-state index in [1.165, 1.54) is 7.11 Å². The molecule has 0 aliphatic heterocycles. The van der Waals surface area contributed by atoms with Crippen molar-refractivity contribution in [3.63, 3.8) is 0 Å². The van der Waals surface area contributed by atoms with Gasteiger partial charge in [-0.15, -0.1) is 0 Å². The Morgan fingerprint density at radius 3 is 2.00 bits per heavy atom. The van der Waals surface area contributed by atoms with Crippen LogP contribution in [0.25, 0.3) is 10.8 Å². The van der Waals surface area contributed by atoms with E-state index in [1.54, 1.807) is 36.4 Å².